The summed E-state index contributed by atoms with van der Waals surface area (Å²) in [7, 11) is 0. The summed E-state index contributed by atoms with van der Waals surface area (Å²) in [4.78, 5) is 29.5. The molecule has 0 aliphatic carbocycles. The second kappa shape index (κ2) is 12.4. The van der Waals surface area contributed by atoms with Gasteiger partial charge in [-0.25, -0.2) is 0 Å². The summed E-state index contributed by atoms with van der Waals surface area (Å²) >= 11 is 0. The molecule has 5 nitrogen and oxygen atoms in total. The molecule has 156 valence electrons. The lowest BCUT2D eigenvalue weighted by atomic mass is 10.1. The zero-order chi connectivity index (χ0) is 20.2. The second-order valence-electron chi connectivity index (χ2n) is 7.58. The van der Waals surface area contributed by atoms with Crippen molar-refractivity contribution >= 4 is 11.8 Å². The van der Waals surface area contributed by atoms with Gasteiger partial charge in [-0.3, -0.25) is 9.59 Å². The van der Waals surface area contributed by atoms with E-state index in [1.54, 1.807) is 12.1 Å². The van der Waals surface area contributed by atoms with Gasteiger partial charge in [0.1, 0.15) is 5.75 Å². The van der Waals surface area contributed by atoms with Gasteiger partial charge < -0.3 is 14.5 Å². The number of carbonyl (C=O) groups is 2. The maximum atomic E-state index is 13.1. The Morgan fingerprint density at radius 1 is 0.964 bits per heavy atom. The van der Waals surface area contributed by atoms with Crippen molar-refractivity contribution in [1.82, 2.24) is 9.80 Å². The lowest BCUT2D eigenvalue weighted by Crippen LogP contribution is -2.36. The number of amides is 2. The number of rotatable bonds is 10. The van der Waals surface area contributed by atoms with E-state index < -0.39 is 0 Å². The van der Waals surface area contributed by atoms with E-state index in [2.05, 4.69) is 13.8 Å². The molecule has 2 amide bonds. The molecule has 0 bridgehead atoms. The van der Waals surface area contributed by atoms with Crippen LogP contribution in [0.5, 0.6) is 5.75 Å². The summed E-state index contributed by atoms with van der Waals surface area (Å²) in [5.41, 5.74) is 0.554. The van der Waals surface area contributed by atoms with Gasteiger partial charge in [0, 0.05) is 26.2 Å². The molecule has 0 spiro atoms. The molecule has 5 heteroatoms. The van der Waals surface area contributed by atoms with Gasteiger partial charge in [0.25, 0.3) is 11.8 Å². The molecule has 0 radical (unpaired) electrons. The van der Waals surface area contributed by atoms with E-state index in [1.165, 1.54) is 12.8 Å². The molecule has 1 saturated heterocycles. The normalized spacial score (nSPS) is 14.4. The van der Waals surface area contributed by atoms with Crippen LogP contribution in [0.2, 0.25) is 0 Å². The Bertz CT molecular complexity index is 602. The van der Waals surface area contributed by atoms with Crippen molar-refractivity contribution in [1.29, 1.82) is 0 Å². The molecule has 0 atom stereocenters. The van der Waals surface area contributed by atoms with Crippen molar-refractivity contribution in [3.8, 4) is 5.75 Å². The number of para-hydroxylation sites is 1. The summed E-state index contributed by atoms with van der Waals surface area (Å²) in [6.45, 7) is 7.40. The van der Waals surface area contributed by atoms with E-state index in [0.29, 0.717) is 11.3 Å². The third-order valence-electron chi connectivity index (χ3n) is 5.28. The van der Waals surface area contributed by atoms with Crippen molar-refractivity contribution in [2.45, 2.75) is 65.2 Å². The molecule has 1 aliphatic heterocycles. The first-order valence-corrected chi connectivity index (χ1v) is 11.0. The zero-order valence-corrected chi connectivity index (χ0v) is 17.6. The lowest BCUT2D eigenvalue weighted by molar-refractivity contribution is -0.133. The smallest absolute Gasteiger partial charge is 0.260 e. The average Bonchev–Trinajstić information content (AvgIpc) is 3.01. The van der Waals surface area contributed by atoms with Gasteiger partial charge >= 0.3 is 0 Å². The van der Waals surface area contributed by atoms with Crippen LogP contribution in [0.15, 0.2) is 24.3 Å². The molecule has 0 aromatic heterocycles. The van der Waals surface area contributed by atoms with Crippen LogP contribution in [0.25, 0.3) is 0 Å². The summed E-state index contributed by atoms with van der Waals surface area (Å²) in [6, 6.07) is 7.30. The van der Waals surface area contributed by atoms with Gasteiger partial charge in [-0.2, -0.15) is 0 Å². The van der Waals surface area contributed by atoms with E-state index in [4.69, 9.17) is 4.74 Å². The number of ether oxygens (including phenoxy) is 1. The molecule has 1 fully saturated rings. The van der Waals surface area contributed by atoms with Gasteiger partial charge in [-0.15, -0.1) is 0 Å². The van der Waals surface area contributed by atoms with Crippen LogP contribution in [0.4, 0.5) is 0 Å². The summed E-state index contributed by atoms with van der Waals surface area (Å²) < 4.78 is 5.83. The SMILES string of the molecule is CCCCN(CCCC)C(=O)c1ccccc1OCC(=O)N1CCCCCC1. The quantitative estimate of drug-likeness (QED) is 0.592. The van der Waals surface area contributed by atoms with E-state index >= 15 is 0 Å². The minimum absolute atomic E-state index is 0.000258. The highest BCUT2D eigenvalue weighted by atomic mass is 16.5. The van der Waals surface area contributed by atoms with E-state index in [-0.39, 0.29) is 18.4 Å². The van der Waals surface area contributed by atoms with Crippen molar-refractivity contribution in [3.05, 3.63) is 29.8 Å². The Labute approximate surface area is 170 Å². The van der Waals surface area contributed by atoms with E-state index in [9.17, 15) is 9.59 Å². The third-order valence-corrected chi connectivity index (χ3v) is 5.28. The van der Waals surface area contributed by atoms with E-state index in [0.717, 1.165) is 64.7 Å². The molecule has 0 unspecified atom stereocenters. The van der Waals surface area contributed by atoms with Crippen LogP contribution in [-0.2, 0) is 4.79 Å². The largest absolute Gasteiger partial charge is 0.483 e. The topological polar surface area (TPSA) is 49.9 Å². The van der Waals surface area contributed by atoms with Crippen LogP contribution >= 0.6 is 0 Å². The number of unbranched alkanes of at least 4 members (excludes halogenated alkanes) is 2. The molecule has 28 heavy (non-hydrogen) atoms. The molecule has 1 heterocycles. The Kier molecular flexibility index (Phi) is 9.87. The summed E-state index contributed by atoms with van der Waals surface area (Å²) in [5, 5.41) is 0. The zero-order valence-electron chi connectivity index (χ0n) is 17.6. The number of likely N-dealkylation sites (tertiary alicyclic amines) is 1. The van der Waals surface area contributed by atoms with Crippen LogP contribution in [0.3, 0.4) is 0 Å². The number of hydrogen-bond acceptors (Lipinski definition) is 3. The van der Waals surface area contributed by atoms with Gasteiger partial charge in [0.05, 0.1) is 5.56 Å². The van der Waals surface area contributed by atoms with Crippen molar-refractivity contribution < 1.29 is 14.3 Å². The number of carbonyl (C=O) groups excluding carboxylic acids is 2. The maximum Gasteiger partial charge on any atom is 0.260 e. The van der Waals surface area contributed by atoms with Crippen LogP contribution < -0.4 is 4.74 Å². The van der Waals surface area contributed by atoms with Gasteiger partial charge in [-0.05, 0) is 37.8 Å². The van der Waals surface area contributed by atoms with Gasteiger partial charge in [-0.1, -0.05) is 51.7 Å². The minimum atomic E-state index is -0.00574. The third kappa shape index (κ3) is 6.84. The first-order chi connectivity index (χ1) is 13.7. The Morgan fingerprint density at radius 3 is 2.18 bits per heavy atom. The second-order valence-corrected chi connectivity index (χ2v) is 7.58. The molecule has 0 saturated carbocycles. The molecule has 1 aromatic rings. The molecule has 1 aliphatic rings. The predicted molar refractivity (Wildman–Crippen MR) is 113 cm³/mol. The average molecular weight is 389 g/mol. The minimum Gasteiger partial charge on any atom is -0.483 e. The highest BCUT2D eigenvalue weighted by Crippen LogP contribution is 2.21. The standard InChI is InChI=1S/C23H36N2O3/c1-3-5-15-25(16-6-4-2)23(27)20-13-9-10-14-21(20)28-19-22(26)24-17-11-7-8-12-18-24/h9-10,13-14H,3-8,11-12,15-19H2,1-2H3. The predicted octanol–water partition coefficient (Wildman–Crippen LogP) is 4.51. The van der Waals surface area contributed by atoms with Crippen LogP contribution in [0.1, 0.15) is 75.6 Å². The molecular weight excluding hydrogens is 352 g/mol. The van der Waals surface area contributed by atoms with Crippen LogP contribution in [-0.4, -0.2) is 54.4 Å². The first kappa shape index (κ1) is 22.3. The van der Waals surface area contributed by atoms with Gasteiger partial charge in [0.2, 0.25) is 0 Å². The number of benzene rings is 1. The van der Waals surface area contributed by atoms with Crippen LogP contribution in [0, 0.1) is 0 Å². The monoisotopic (exact) mass is 388 g/mol. The van der Waals surface area contributed by atoms with Gasteiger partial charge in [0.15, 0.2) is 6.61 Å². The maximum absolute atomic E-state index is 13.1. The fourth-order valence-corrected chi connectivity index (χ4v) is 3.50. The Morgan fingerprint density at radius 2 is 1.57 bits per heavy atom. The summed E-state index contributed by atoms with van der Waals surface area (Å²) in [5.74, 6) is 0.520. The lowest BCUT2D eigenvalue weighted by Gasteiger charge is -2.24. The number of hydrogen-bond donors (Lipinski definition) is 0. The van der Waals surface area contributed by atoms with E-state index in [1.807, 2.05) is 21.9 Å². The van der Waals surface area contributed by atoms with Crippen molar-refractivity contribution in [3.63, 3.8) is 0 Å². The molecule has 2 rings (SSSR count). The molecule has 1 aromatic carbocycles. The highest BCUT2D eigenvalue weighted by molar-refractivity contribution is 5.97. The number of nitrogens with zero attached hydrogens (tertiary/aromatic N) is 2. The van der Waals surface area contributed by atoms with Crippen molar-refractivity contribution in [2.75, 3.05) is 32.8 Å². The fourth-order valence-electron chi connectivity index (χ4n) is 3.50. The molecule has 0 N–H and O–H groups in total. The molecular formula is C23H36N2O3. The first-order valence-electron chi connectivity index (χ1n) is 11.0. The van der Waals surface area contributed by atoms with Crippen molar-refractivity contribution in [2.24, 2.45) is 0 Å². The Balaban J connectivity index is 2.03. The summed E-state index contributed by atoms with van der Waals surface area (Å²) in [6.07, 6.45) is 8.59. The fraction of sp³-hybridized carbons (Fsp3) is 0.652. The highest BCUT2D eigenvalue weighted by Gasteiger charge is 2.21. The Hall–Kier alpha value is -2.04.